The zero-order valence-electron chi connectivity index (χ0n) is 9.45. The molecule has 0 aromatic heterocycles. The second-order valence-corrected chi connectivity index (χ2v) is 4.60. The van der Waals surface area contributed by atoms with Crippen LogP contribution >= 0.6 is 15.9 Å². The van der Waals surface area contributed by atoms with Crippen molar-refractivity contribution in [2.75, 3.05) is 26.8 Å². The molecule has 0 amide bonds. The van der Waals surface area contributed by atoms with Crippen LogP contribution in [0.1, 0.15) is 5.56 Å². The summed E-state index contributed by atoms with van der Waals surface area (Å²) >= 11 is 3.38. The van der Waals surface area contributed by atoms with E-state index < -0.39 is 0 Å². The van der Waals surface area contributed by atoms with Crippen molar-refractivity contribution in [1.82, 2.24) is 5.32 Å². The molecule has 3 nitrogen and oxygen atoms in total. The number of hydrogen-bond donors (Lipinski definition) is 2. The Labute approximate surface area is 105 Å². The molecule has 1 aromatic rings. The summed E-state index contributed by atoms with van der Waals surface area (Å²) in [5.74, 6) is 0. The van der Waals surface area contributed by atoms with E-state index >= 15 is 0 Å². The zero-order chi connectivity index (χ0) is 11.8. The molecule has 0 fully saturated rings. The average Bonchev–Trinajstić information content (AvgIpc) is 2.28. The second-order valence-electron chi connectivity index (χ2n) is 3.68. The Balaban J connectivity index is 2.23. The maximum atomic E-state index is 9.76. The predicted octanol–water partition coefficient (Wildman–Crippen LogP) is 1.59. The van der Waals surface area contributed by atoms with Crippen molar-refractivity contribution in [3.8, 4) is 0 Å². The lowest BCUT2D eigenvalue weighted by Crippen LogP contribution is -2.30. The quantitative estimate of drug-likeness (QED) is 0.749. The van der Waals surface area contributed by atoms with Gasteiger partial charge in [0.05, 0.1) is 12.7 Å². The highest BCUT2D eigenvalue weighted by Crippen LogP contribution is 2.11. The van der Waals surface area contributed by atoms with E-state index in [1.54, 1.807) is 7.11 Å². The topological polar surface area (TPSA) is 41.5 Å². The molecule has 0 radical (unpaired) electrons. The van der Waals surface area contributed by atoms with Gasteiger partial charge in [-0.1, -0.05) is 28.1 Å². The maximum Gasteiger partial charge on any atom is 0.0704 e. The highest BCUT2D eigenvalue weighted by atomic mass is 79.9. The van der Waals surface area contributed by atoms with E-state index in [1.165, 1.54) is 0 Å². The van der Waals surface area contributed by atoms with Crippen LogP contribution in [0.15, 0.2) is 28.7 Å². The van der Waals surface area contributed by atoms with Gasteiger partial charge >= 0.3 is 0 Å². The van der Waals surface area contributed by atoms with Crippen molar-refractivity contribution in [3.05, 3.63) is 34.3 Å². The monoisotopic (exact) mass is 287 g/mol. The van der Waals surface area contributed by atoms with Gasteiger partial charge < -0.3 is 15.2 Å². The van der Waals surface area contributed by atoms with Gasteiger partial charge in [-0.05, 0) is 24.1 Å². The van der Waals surface area contributed by atoms with Crippen LogP contribution in [0.5, 0.6) is 0 Å². The summed E-state index contributed by atoms with van der Waals surface area (Å²) in [4.78, 5) is 0. The van der Waals surface area contributed by atoms with Crippen molar-refractivity contribution in [1.29, 1.82) is 0 Å². The first kappa shape index (κ1) is 13.6. The fourth-order valence-electron chi connectivity index (χ4n) is 1.41. The minimum Gasteiger partial charge on any atom is -0.391 e. The van der Waals surface area contributed by atoms with Gasteiger partial charge in [-0.3, -0.25) is 0 Å². The molecule has 1 rings (SSSR count). The minimum absolute atomic E-state index is 0.349. The van der Waals surface area contributed by atoms with Gasteiger partial charge in [0.2, 0.25) is 0 Å². The molecule has 0 aliphatic heterocycles. The van der Waals surface area contributed by atoms with Crippen LogP contribution in [0.25, 0.3) is 0 Å². The second kappa shape index (κ2) is 7.79. The van der Waals surface area contributed by atoms with Crippen LogP contribution in [-0.4, -0.2) is 38.0 Å². The van der Waals surface area contributed by atoms with E-state index in [4.69, 9.17) is 4.74 Å². The number of aliphatic hydroxyl groups is 1. The summed E-state index contributed by atoms with van der Waals surface area (Å²) in [5, 5.41) is 12.9. The summed E-state index contributed by atoms with van der Waals surface area (Å²) in [6.07, 6.45) is 0.325. The Bertz CT molecular complexity index is 290. The third-order valence-electron chi connectivity index (χ3n) is 2.25. The van der Waals surface area contributed by atoms with Crippen LogP contribution in [0.4, 0.5) is 0 Å². The summed E-state index contributed by atoms with van der Waals surface area (Å²) < 4.78 is 5.96. The normalized spacial score (nSPS) is 12.7. The molecule has 4 heteroatoms. The molecule has 1 atom stereocenters. The van der Waals surface area contributed by atoms with E-state index in [0.29, 0.717) is 19.6 Å². The van der Waals surface area contributed by atoms with Gasteiger partial charge in [-0.25, -0.2) is 0 Å². The van der Waals surface area contributed by atoms with Crippen molar-refractivity contribution in [3.63, 3.8) is 0 Å². The summed E-state index contributed by atoms with van der Waals surface area (Å²) in [6, 6.07) is 8.01. The van der Waals surface area contributed by atoms with Crippen molar-refractivity contribution in [2.45, 2.75) is 12.5 Å². The molecule has 0 aliphatic carbocycles. The number of methoxy groups -OCH3 is 1. The first-order valence-electron chi connectivity index (χ1n) is 5.34. The van der Waals surface area contributed by atoms with Gasteiger partial charge in [0.25, 0.3) is 0 Å². The maximum absolute atomic E-state index is 9.76. The van der Waals surface area contributed by atoms with Crippen LogP contribution < -0.4 is 5.32 Å². The molecule has 0 aliphatic rings. The van der Waals surface area contributed by atoms with Crippen LogP contribution in [-0.2, 0) is 11.2 Å². The molecule has 0 spiro atoms. The number of benzene rings is 1. The molecule has 90 valence electrons. The molecule has 0 bridgehead atoms. The number of nitrogens with one attached hydrogen (secondary N) is 1. The molecule has 0 heterocycles. The Morgan fingerprint density at radius 3 is 2.69 bits per heavy atom. The average molecular weight is 288 g/mol. The Kier molecular flexibility index (Phi) is 6.64. The van der Waals surface area contributed by atoms with Crippen molar-refractivity contribution >= 4 is 15.9 Å². The highest BCUT2D eigenvalue weighted by Gasteiger charge is 2.04. The summed E-state index contributed by atoms with van der Waals surface area (Å²) in [5.41, 5.74) is 1.14. The zero-order valence-corrected chi connectivity index (χ0v) is 11.0. The van der Waals surface area contributed by atoms with Gasteiger partial charge in [-0.2, -0.15) is 0 Å². The molecule has 16 heavy (non-hydrogen) atoms. The lowest BCUT2D eigenvalue weighted by Gasteiger charge is -2.11. The molecular weight excluding hydrogens is 270 g/mol. The van der Waals surface area contributed by atoms with E-state index in [-0.39, 0.29) is 6.10 Å². The highest BCUT2D eigenvalue weighted by molar-refractivity contribution is 9.10. The lowest BCUT2D eigenvalue weighted by atomic mass is 10.1. The fourth-order valence-corrected chi connectivity index (χ4v) is 1.67. The van der Waals surface area contributed by atoms with E-state index in [9.17, 15) is 5.11 Å². The molecule has 1 unspecified atom stereocenters. The Morgan fingerprint density at radius 1 is 1.38 bits per heavy atom. The first-order chi connectivity index (χ1) is 7.72. The van der Waals surface area contributed by atoms with Gasteiger partial charge in [0.15, 0.2) is 0 Å². The molecule has 0 saturated carbocycles. The largest absolute Gasteiger partial charge is 0.391 e. The number of aliphatic hydroxyl groups excluding tert-OH is 1. The molecule has 2 N–H and O–H groups in total. The smallest absolute Gasteiger partial charge is 0.0704 e. The van der Waals surface area contributed by atoms with Crippen LogP contribution in [0.3, 0.4) is 0 Å². The SMILES string of the molecule is COCCNCC(O)Cc1ccc(Br)cc1. The molecule has 0 saturated heterocycles. The third kappa shape index (κ3) is 5.61. The Hall–Kier alpha value is -0.420. The predicted molar refractivity (Wildman–Crippen MR) is 68.6 cm³/mol. The fraction of sp³-hybridized carbons (Fsp3) is 0.500. The first-order valence-corrected chi connectivity index (χ1v) is 6.14. The van der Waals surface area contributed by atoms with Crippen LogP contribution in [0, 0.1) is 0 Å². The number of ether oxygens (including phenoxy) is 1. The van der Waals surface area contributed by atoms with Crippen molar-refractivity contribution in [2.24, 2.45) is 0 Å². The van der Waals surface area contributed by atoms with E-state index in [2.05, 4.69) is 21.2 Å². The summed E-state index contributed by atoms with van der Waals surface area (Å²) in [7, 11) is 1.67. The van der Waals surface area contributed by atoms with Gasteiger partial charge in [0.1, 0.15) is 0 Å². The number of halogens is 1. The summed E-state index contributed by atoms with van der Waals surface area (Å²) in [6.45, 7) is 2.04. The number of hydrogen-bond acceptors (Lipinski definition) is 3. The van der Waals surface area contributed by atoms with Gasteiger partial charge in [-0.15, -0.1) is 0 Å². The molecular formula is C12H18BrNO2. The lowest BCUT2D eigenvalue weighted by molar-refractivity contribution is 0.160. The van der Waals surface area contributed by atoms with E-state index in [0.717, 1.165) is 16.6 Å². The standard InChI is InChI=1S/C12H18BrNO2/c1-16-7-6-14-9-12(15)8-10-2-4-11(13)5-3-10/h2-5,12,14-15H,6-9H2,1H3. The molecule has 1 aromatic carbocycles. The van der Waals surface area contributed by atoms with E-state index in [1.807, 2.05) is 24.3 Å². The minimum atomic E-state index is -0.349. The number of rotatable bonds is 7. The van der Waals surface area contributed by atoms with Crippen LogP contribution in [0.2, 0.25) is 0 Å². The van der Waals surface area contributed by atoms with Gasteiger partial charge in [0, 0.05) is 24.7 Å². The third-order valence-corrected chi connectivity index (χ3v) is 2.78. The Morgan fingerprint density at radius 2 is 2.06 bits per heavy atom. The van der Waals surface area contributed by atoms with Crippen molar-refractivity contribution < 1.29 is 9.84 Å².